The van der Waals surface area contributed by atoms with Crippen LogP contribution in [0.4, 0.5) is 0 Å². The van der Waals surface area contributed by atoms with Gasteiger partial charge in [-0.1, -0.05) is 31.5 Å². The topological polar surface area (TPSA) is 58.6 Å². The highest BCUT2D eigenvalue weighted by molar-refractivity contribution is 6.32. The lowest BCUT2D eigenvalue weighted by Gasteiger charge is -2.16. The Kier molecular flexibility index (Phi) is 6.82. The summed E-state index contributed by atoms with van der Waals surface area (Å²) in [6, 6.07) is 5.00. The van der Waals surface area contributed by atoms with Gasteiger partial charge in [0.2, 0.25) is 0 Å². The van der Waals surface area contributed by atoms with Crippen LogP contribution in [-0.2, 0) is 11.4 Å². The van der Waals surface area contributed by atoms with Gasteiger partial charge in [-0.25, -0.2) is 0 Å². The van der Waals surface area contributed by atoms with Gasteiger partial charge in [-0.3, -0.25) is 4.79 Å². The third-order valence-electron chi connectivity index (χ3n) is 2.87. The molecular formula is C15H22ClNO3. The Morgan fingerprint density at radius 3 is 2.65 bits per heavy atom. The maximum absolute atomic E-state index is 11.8. The molecule has 0 saturated carbocycles. The number of nitrogens with one attached hydrogen (secondary N) is 1. The van der Waals surface area contributed by atoms with Gasteiger partial charge in [-0.05, 0) is 37.0 Å². The van der Waals surface area contributed by atoms with E-state index in [-0.39, 0.29) is 12.5 Å². The fourth-order valence-electron chi connectivity index (χ4n) is 1.61. The number of aliphatic hydroxyl groups excluding tert-OH is 1. The molecule has 4 nitrogen and oxygen atoms in total. The van der Waals surface area contributed by atoms with E-state index in [0.29, 0.717) is 28.8 Å². The molecular weight excluding hydrogens is 278 g/mol. The summed E-state index contributed by atoms with van der Waals surface area (Å²) in [5.41, 5.74) is 0.705. The molecule has 1 aromatic carbocycles. The van der Waals surface area contributed by atoms with Crippen molar-refractivity contribution in [3.63, 3.8) is 0 Å². The first-order valence-electron chi connectivity index (χ1n) is 6.77. The molecule has 1 unspecified atom stereocenters. The molecule has 0 saturated heterocycles. The maximum Gasteiger partial charge on any atom is 0.260 e. The lowest BCUT2D eigenvalue weighted by Crippen LogP contribution is -2.37. The molecule has 112 valence electrons. The predicted molar refractivity (Wildman–Crippen MR) is 79.9 cm³/mol. The molecule has 1 aromatic rings. The fraction of sp³-hybridized carbons (Fsp3) is 0.533. The number of ether oxygens (including phenoxy) is 1. The average Bonchev–Trinajstić information content (AvgIpc) is 2.40. The van der Waals surface area contributed by atoms with Crippen molar-refractivity contribution >= 4 is 17.5 Å². The number of benzene rings is 1. The van der Waals surface area contributed by atoms with Crippen LogP contribution in [0.2, 0.25) is 5.02 Å². The average molecular weight is 300 g/mol. The third-order valence-corrected chi connectivity index (χ3v) is 3.17. The van der Waals surface area contributed by atoms with Crippen molar-refractivity contribution in [2.75, 3.05) is 6.54 Å². The van der Waals surface area contributed by atoms with Crippen LogP contribution < -0.4 is 10.1 Å². The van der Waals surface area contributed by atoms with E-state index >= 15 is 0 Å². The van der Waals surface area contributed by atoms with E-state index in [2.05, 4.69) is 19.2 Å². The van der Waals surface area contributed by atoms with Gasteiger partial charge < -0.3 is 15.2 Å². The normalized spacial score (nSPS) is 12.3. The van der Waals surface area contributed by atoms with Crippen LogP contribution in [0.25, 0.3) is 0 Å². The van der Waals surface area contributed by atoms with Crippen molar-refractivity contribution in [2.45, 2.75) is 39.9 Å². The van der Waals surface area contributed by atoms with Crippen LogP contribution in [-0.4, -0.2) is 23.7 Å². The van der Waals surface area contributed by atoms with Gasteiger partial charge in [-0.15, -0.1) is 0 Å². The number of aliphatic hydroxyl groups is 1. The van der Waals surface area contributed by atoms with E-state index in [1.165, 1.54) is 0 Å². The van der Waals surface area contributed by atoms with E-state index < -0.39 is 6.10 Å². The monoisotopic (exact) mass is 299 g/mol. The Morgan fingerprint density at radius 1 is 1.40 bits per heavy atom. The first kappa shape index (κ1) is 16.8. The Balaban J connectivity index is 2.52. The molecule has 0 fully saturated rings. The number of carbonyl (C=O) groups is 1. The molecule has 0 aromatic heterocycles. The summed E-state index contributed by atoms with van der Waals surface area (Å²) in [4.78, 5) is 11.8. The summed E-state index contributed by atoms with van der Waals surface area (Å²) in [7, 11) is 0. The van der Waals surface area contributed by atoms with Crippen molar-refractivity contribution in [1.29, 1.82) is 0 Å². The molecule has 0 aliphatic rings. The number of halogens is 1. The first-order valence-corrected chi connectivity index (χ1v) is 7.15. The van der Waals surface area contributed by atoms with E-state index in [0.717, 1.165) is 6.42 Å². The Hall–Kier alpha value is -1.26. The molecule has 20 heavy (non-hydrogen) atoms. The highest BCUT2D eigenvalue weighted by Crippen LogP contribution is 2.26. The molecule has 0 bridgehead atoms. The van der Waals surface area contributed by atoms with Gasteiger partial charge in [0, 0.05) is 6.54 Å². The van der Waals surface area contributed by atoms with Gasteiger partial charge in [0.15, 0.2) is 6.10 Å². The van der Waals surface area contributed by atoms with Crippen LogP contribution in [0.1, 0.15) is 32.8 Å². The zero-order chi connectivity index (χ0) is 15.1. The summed E-state index contributed by atoms with van der Waals surface area (Å²) in [6.45, 7) is 6.46. The second-order valence-corrected chi connectivity index (χ2v) is 5.56. The SMILES string of the molecule is CC(C)CCNC(=O)C(C)Oc1ccc(CO)cc1Cl. The smallest absolute Gasteiger partial charge is 0.260 e. The molecule has 0 heterocycles. The number of rotatable bonds is 7. The molecule has 0 aliphatic carbocycles. The van der Waals surface area contributed by atoms with Crippen molar-refractivity contribution < 1.29 is 14.6 Å². The van der Waals surface area contributed by atoms with Gasteiger partial charge in [0.1, 0.15) is 5.75 Å². The van der Waals surface area contributed by atoms with Crippen LogP contribution in [0.15, 0.2) is 18.2 Å². The Labute approximate surface area is 125 Å². The van der Waals surface area contributed by atoms with Crippen molar-refractivity contribution in [3.05, 3.63) is 28.8 Å². The number of hydrogen-bond acceptors (Lipinski definition) is 3. The molecule has 0 aliphatic heterocycles. The minimum absolute atomic E-state index is 0.0781. The molecule has 1 rings (SSSR count). The second-order valence-electron chi connectivity index (χ2n) is 5.16. The molecule has 5 heteroatoms. The number of amides is 1. The summed E-state index contributed by atoms with van der Waals surface area (Å²) in [5.74, 6) is 0.829. The molecule has 0 spiro atoms. The molecule has 0 radical (unpaired) electrons. The summed E-state index contributed by atoms with van der Waals surface area (Å²) in [5, 5.41) is 12.2. The molecule has 2 N–H and O–H groups in total. The number of carbonyl (C=O) groups excluding carboxylic acids is 1. The predicted octanol–water partition coefficient (Wildman–Crippen LogP) is 2.76. The van der Waals surface area contributed by atoms with E-state index in [1.54, 1.807) is 25.1 Å². The Morgan fingerprint density at radius 2 is 2.10 bits per heavy atom. The van der Waals surface area contributed by atoms with Crippen molar-refractivity contribution in [2.24, 2.45) is 5.92 Å². The van der Waals surface area contributed by atoms with Crippen LogP contribution in [0.5, 0.6) is 5.75 Å². The zero-order valence-corrected chi connectivity index (χ0v) is 12.9. The summed E-state index contributed by atoms with van der Waals surface area (Å²) < 4.78 is 5.54. The van der Waals surface area contributed by atoms with Crippen LogP contribution in [0.3, 0.4) is 0 Å². The third kappa shape index (κ3) is 5.39. The minimum Gasteiger partial charge on any atom is -0.479 e. The lowest BCUT2D eigenvalue weighted by molar-refractivity contribution is -0.127. The van der Waals surface area contributed by atoms with Gasteiger partial charge in [0.05, 0.1) is 11.6 Å². The molecule has 1 amide bonds. The lowest BCUT2D eigenvalue weighted by atomic mass is 10.1. The first-order chi connectivity index (χ1) is 9.43. The maximum atomic E-state index is 11.8. The highest BCUT2D eigenvalue weighted by atomic mass is 35.5. The van der Waals surface area contributed by atoms with Crippen molar-refractivity contribution in [1.82, 2.24) is 5.32 Å². The molecule has 1 atom stereocenters. The van der Waals surface area contributed by atoms with Crippen LogP contribution in [0, 0.1) is 5.92 Å². The van der Waals surface area contributed by atoms with E-state index in [4.69, 9.17) is 21.4 Å². The largest absolute Gasteiger partial charge is 0.479 e. The highest BCUT2D eigenvalue weighted by Gasteiger charge is 2.15. The van der Waals surface area contributed by atoms with Gasteiger partial charge in [0.25, 0.3) is 5.91 Å². The van der Waals surface area contributed by atoms with Gasteiger partial charge in [-0.2, -0.15) is 0 Å². The van der Waals surface area contributed by atoms with Crippen LogP contribution >= 0.6 is 11.6 Å². The van der Waals surface area contributed by atoms with Gasteiger partial charge >= 0.3 is 0 Å². The zero-order valence-electron chi connectivity index (χ0n) is 12.1. The fourth-order valence-corrected chi connectivity index (χ4v) is 1.86. The summed E-state index contributed by atoms with van der Waals surface area (Å²) in [6.07, 6.45) is 0.323. The van der Waals surface area contributed by atoms with Crippen molar-refractivity contribution in [3.8, 4) is 5.75 Å². The Bertz CT molecular complexity index is 449. The minimum atomic E-state index is -0.611. The standard InChI is InChI=1S/C15H22ClNO3/c1-10(2)6-7-17-15(19)11(3)20-14-5-4-12(9-18)8-13(14)16/h4-5,8,10-11,18H,6-7,9H2,1-3H3,(H,17,19). The summed E-state index contributed by atoms with van der Waals surface area (Å²) >= 11 is 6.04. The second kappa shape index (κ2) is 8.12. The van der Waals surface area contributed by atoms with E-state index in [9.17, 15) is 4.79 Å². The van der Waals surface area contributed by atoms with E-state index in [1.807, 2.05) is 0 Å². The quantitative estimate of drug-likeness (QED) is 0.814. The number of hydrogen-bond donors (Lipinski definition) is 2.